The number of hydrogen-bond donors (Lipinski definition) is 3. The summed E-state index contributed by atoms with van der Waals surface area (Å²) >= 11 is 0. The van der Waals surface area contributed by atoms with E-state index in [1.165, 1.54) is 12.2 Å². The summed E-state index contributed by atoms with van der Waals surface area (Å²) < 4.78 is 37.6. The number of nitrogens with one attached hydrogen (secondary N) is 2. The Morgan fingerprint density at radius 2 is 2.18 bits per heavy atom. The highest BCUT2D eigenvalue weighted by molar-refractivity contribution is 5.49. The zero-order chi connectivity index (χ0) is 12.9. The van der Waals surface area contributed by atoms with Crippen LogP contribution in [0.2, 0.25) is 0 Å². The molecule has 1 rings (SSSR count). The van der Waals surface area contributed by atoms with Crippen LogP contribution in [0.5, 0.6) is 0 Å². The predicted molar refractivity (Wildman–Crippen MR) is 54.6 cm³/mol. The molecule has 94 valence electrons. The van der Waals surface area contributed by atoms with Crippen LogP contribution < -0.4 is 10.9 Å². The Morgan fingerprint density at radius 3 is 2.76 bits per heavy atom. The molecule has 0 spiro atoms. The monoisotopic (exact) mass is 249 g/mol. The number of aliphatic hydroxyl groups excluding tert-OH is 1. The summed E-state index contributed by atoms with van der Waals surface area (Å²) in [7, 11) is 0. The van der Waals surface area contributed by atoms with Crippen LogP contribution >= 0.6 is 0 Å². The number of anilines is 1. The first-order valence-electron chi connectivity index (χ1n) is 4.61. The summed E-state index contributed by atoms with van der Waals surface area (Å²) in [5, 5.41) is 15.8. The Labute approximate surface area is 94.0 Å². The number of H-pyrrole nitrogens is 1. The minimum absolute atomic E-state index is 0.0504. The fourth-order valence-electron chi connectivity index (χ4n) is 1.14. The number of rotatable bonds is 4. The Morgan fingerprint density at radius 1 is 1.47 bits per heavy atom. The summed E-state index contributed by atoms with van der Waals surface area (Å²) in [6.07, 6.45) is -1.07. The molecule has 1 aromatic rings. The van der Waals surface area contributed by atoms with Gasteiger partial charge in [-0.25, -0.2) is 5.10 Å². The van der Waals surface area contributed by atoms with Gasteiger partial charge in [0.05, 0.1) is 18.5 Å². The van der Waals surface area contributed by atoms with Gasteiger partial charge in [0, 0.05) is 6.54 Å². The average molecular weight is 249 g/mol. The molecule has 1 aromatic heterocycles. The van der Waals surface area contributed by atoms with Gasteiger partial charge in [-0.3, -0.25) is 4.79 Å². The van der Waals surface area contributed by atoms with Gasteiger partial charge in [0.25, 0.3) is 5.56 Å². The fourth-order valence-corrected chi connectivity index (χ4v) is 1.14. The highest BCUT2D eigenvalue weighted by atomic mass is 19.4. The molecule has 5 nitrogen and oxygen atoms in total. The molecule has 8 heteroatoms. The van der Waals surface area contributed by atoms with E-state index in [4.69, 9.17) is 5.11 Å². The topological polar surface area (TPSA) is 78.0 Å². The van der Waals surface area contributed by atoms with E-state index in [0.29, 0.717) is 0 Å². The van der Waals surface area contributed by atoms with E-state index >= 15 is 0 Å². The zero-order valence-electron chi connectivity index (χ0n) is 8.58. The SMILES string of the molecule is O=c1[nH]ncc(NC/C=C/CO)c1C(F)(F)F. The van der Waals surface area contributed by atoms with Crippen LogP contribution in [-0.2, 0) is 6.18 Å². The molecular weight excluding hydrogens is 239 g/mol. The number of aliphatic hydroxyl groups is 1. The van der Waals surface area contributed by atoms with Crippen LogP contribution in [0.4, 0.5) is 18.9 Å². The maximum atomic E-state index is 12.5. The molecule has 0 saturated carbocycles. The number of aromatic amines is 1. The molecule has 0 saturated heterocycles. The van der Waals surface area contributed by atoms with Gasteiger partial charge in [-0.05, 0) is 0 Å². The summed E-state index contributed by atoms with van der Waals surface area (Å²) in [5.41, 5.74) is -3.01. The van der Waals surface area contributed by atoms with Gasteiger partial charge in [-0.15, -0.1) is 0 Å². The third-order valence-electron chi connectivity index (χ3n) is 1.82. The highest BCUT2D eigenvalue weighted by Crippen LogP contribution is 2.31. The number of aromatic nitrogens is 2. The molecule has 0 fully saturated rings. The normalized spacial score (nSPS) is 12.0. The van der Waals surface area contributed by atoms with Crippen LogP contribution in [0.25, 0.3) is 0 Å². The van der Waals surface area contributed by atoms with E-state index in [9.17, 15) is 18.0 Å². The number of nitrogens with zero attached hydrogens (tertiary/aromatic N) is 1. The standard InChI is InChI=1S/C9H10F3N3O2/c10-9(11,12)7-6(5-14-15-8(7)17)13-3-1-2-4-16/h1-2,5,16H,3-4H2,(H2,13,15,17)/b2-1+. The molecule has 0 radical (unpaired) electrons. The fraction of sp³-hybridized carbons (Fsp3) is 0.333. The van der Waals surface area contributed by atoms with Crippen LogP contribution in [0.15, 0.2) is 23.1 Å². The van der Waals surface area contributed by atoms with Crippen LogP contribution in [0, 0.1) is 0 Å². The van der Waals surface area contributed by atoms with E-state index in [-0.39, 0.29) is 13.2 Å². The Balaban J connectivity index is 2.96. The van der Waals surface area contributed by atoms with Gasteiger partial charge >= 0.3 is 6.18 Å². The van der Waals surface area contributed by atoms with Crippen molar-refractivity contribution >= 4 is 5.69 Å². The second-order valence-electron chi connectivity index (χ2n) is 3.02. The molecular formula is C9H10F3N3O2. The lowest BCUT2D eigenvalue weighted by Crippen LogP contribution is -2.24. The molecule has 0 unspecified atom stereocenters. The second kappa shape index (κ2) is 5.48. The van der Waals surface area contributed by atoms with Crippen molar-refractivity contribution in [3.8, 4) is 0 Å². The number of halogens is 3. The maximum absolute atomic E-state index is 12.5. The zero-order valence-corrected chi connectivity index (χ0v) is 8.58. The quantitative estimate of drug-likeness (QED) is 0.688. The van der Waals surface area contributed by atoms with E-state index in [1.54, 1.807) is 5.10 Å². The van der Waals surface area contributed by atoms with Crippen molar-refractivity contribution in [3.05, 3.63) is 34.3 Å². The largest absolute Gasteiger partial charge is 0.423 e. The molecule has 0 aromatic carbocycles. The molecule has 0 bridgehead atoms. The lowest BCUT2D eigenvalue weighted by atomic mass is 10.2. The van der Waals surface area contributed by atoms with Crippen LogP contribution in [0.3, 0.4) is 0 Å². The van der Waals surface area contributed by atoms with E-state index in [1.807, 2.05) is 0 Å². The minimum Gasteiger partial charge on any atom is -0.392 e. The van der Waals surface area contributed by atoms with Gasteiger partial charge in [-0.2, -0.15) is 18.3 Å². The van der Waals surface area contributed by atoms with Crippen molar-refractivity contribution in [1.29, 1.82) is 0 Å². The smallest absolute Gasteiger partial charge is 0.392 e. The third kappa shape index (κ3) is 3.59. The Bertz CT molecular complexity index is 454. The van der Waals surface area contributed by atoms with Gasteiger partial charge in [0.15, 0.2) is 0 Å². The molecule has 1 heterocycles. The summed E-state index contributed by atoms with van der Waals surface area (Å²) in [5.74, 6) is 0. The molecule has 3 N–H and O–H groups in total. The van der Waals surface area contributed by atoms with Gasteiger partial charge in [0.2, 0.25) is 0 Å². The first-order valence-corrected chi connectivity index (χ1v) is 4.61. The predicted octanol–water partition coefficient (Wildman–Crippen LogP) is 0.749. The third-order valence-corrected chi connectivity index (χ3v) is 1.82. The van der Waals surface area contributed by atoms with Crippen LogP contribution in [-0.4, -0.2) is 28.5 Å². The summed E-state index contributed by atoms with van der Waals surface area (Å²) in [4.78, 5) is 11.0. The first-order chi connectivity index (χ1) is 7.96. The molecule has 17 heavy (non-hydrogen) atoms. The lowest BCUT2D eigenvalue weighted by Gasteiger charge is -2.11. The van der Waals surface area contributed by atoms with Gasteiger partial charge in [-0.1, -0.05) is 12.2 Å². The molecule has 0 aliphatic rings. The lowest BCUT2D eigenvalue weighted by molar-refractivity contribution is -0.138. The van der Waals surface area contributed by atoms with Crippen molar-refractivity contribution in [1.82, 2.24) is 10.2 Å². The Kier molecular flexibility index (Phi) is 4.27. The van der Waals surface area contributed by atoms with Crippen molar-refractivity contribution in [3.63, 3.8) is 0 Å². The van der Waals surface area contributed by atoms with Crippen molar-refractivity contribution in [2.75, 3.05) is 18.5 Å². The minimum atomic E-state index is -4.75. The van der Waals surface area contributed by atoms with Crippen molar-refractivity contribution in [2.24, 2.45) is 0 Å². The number of alkyl halides is 3. The van der Waals surface area contributed by atoms with E-state index < -0.39 is 23.0 Å². The average Bonchev–Trinajstić information content (AvgIpc) is 2.22. The van der Waals surface area contributed by atoms with Gasteiger partial charge in [0.1, 0.15) is 5.56 Å². The molecule has 0 aliphatic carbocycles. The Hall–Kier alpha value is -1.83. The molecule has 0 amide bonds. The van der Waals surface area contributed by atoms with E-state index in [0.717, 1.165) is 6.20 Å². The summed E-state index contributed by atoms with van der Waals surface area (Å²) in [6.45, 7) is -0.157. The van der Waals surface area contributed by atoms with Crippen molar-refractivity contribution in [2.45, 2.75) is 6.18 Å². The second-order valence-corrected chi connectivity index (χ2v) is 3.02. The summed E-state index contributed by atoms with van der Waals surface area (Å²) in [6, 6.07) is 0. The first kappa shape index (κ1) is 13.2. The van der Waals surface area contributed by atoms with Crippen LogP contribution in [0.1, 0.15) is 5.56 Å². The highest BCUT2D eigenvalue weighted by Gasteiger charge is 2.37. The van der Waals surface area contributed by atoms with Gasteiger partial charge < -0.3 is 10.4 Å². The van der Waals surface area contributed by atoms with Crippen molar-refractivity contribution < 1.29 is 18.3 Å². The van der Waals surface area contributed by atoms with E-state index in [2.05, 4.69) is 10.4 Å². The molecule has 0 aliphatic heterocycles. The number of hydrogen-bond acceptors (Lipinski definition) is 4. The maximum Gasteiger partial charge on any atom is 0.423 e. The molecule has 0 atom stereocenters.